The van der Waals surface area contributed by atoms with Crippen LogP contribution in [0.1, 0.15) is 42.5 Å². The van der Waals surface area contributed by atoms with Crippen molar-refractivity contribution in [3.63, 3.8) is 0 Å². The van der Waals surface area contributed by atoms with Crippen LogP contribution in [-0.2, 0) is 14.4 Å². The fraction of sp³-hybridized carbons (Fsp3) is 0.233. The third kappa shape index (κ3) is 4.61. The molecule has 0 saturated carbocycles. The van der Waals surface area contributed by atoms with Crippen LogP contribution in [0.3, 0.4) is 0 Å². The summed E-state index contributed by atoms with van der Waals surface area (Å²) in [5.41, 5.74) is 4.38. The number of nitrogens with zero attached hydrogens (tertiary/aromatic N) is 1. The lowest BCUT2D eigenvalue weighted by molar-refractivity contribution is -0.140. The van der Waals surface area contributed by atoms with E-state index in [1.807, 2.05) is 86.8 Å². The van der Waals surface area contributed by atoms with Gasteiger partial charge in [-0.25, -0.2) is 0 Å². The van der Waals surface area contributed by atoms with Crippen molar-refractivity contribution in [3.8, 4) is 5.75 Å². The number of para-hydroxylation sites is 2. The number of aromatic amines is 1. The van der Waals surface area contributed by atoms with Crippen LogP contribution in [0.4, 0.5) is 5.69 Å². The van der Waals surface area contributed by atoms with Crippen LogP contribution >= 0.6 is 0 Å². The number of rotatable bonds is 7. The number of hydrogen-bond donors (Lipinski definition) is 3. The van der Waals surface area contributed by atoms with E-state index in [1.54, 1.807) is 18.1 Å². The Hall–Kier alpha value is -4.59. The molecule has 0 fully saturated rings. The second kappa shape index (κ2) is 10.4. The molecule has 5 rings (SSSR count). The molecule has 1 aliphatic heterocycles. The molecule has 3 N–H and O–H groups in total. The number of H-pyrrole nitrogens is 1. The topological polar surface area (TPSA) is 104 Å². The summed E-state index contributed by atoms with van der Waals surface area (Å²) in [5, 5.41) is 6.47. The maximum Gasteiger partial charge on any atom is 0.310 e. The van der Waals surface area contributed by atoms with E-state index in [2.05, 4.69) is 15.6 Å². The second-order valence-electron chi connectivity index (χ2n) is 9.59. The van der Waals surface area contributed by atoms with Gasteiger partial charge in [0.25, 0.3) is 5.91 Å². The van der Waals surface area contributed by atoms with Crippen molar-refractivity contribution in [2.75, 3.05) is 18.6 Å². The zero-order valence-electron chi connectivity index (χ0n) is 21.5. The van der Waals surface area contributed by atoms with Gasteiger partial charge in [0.05, 0.1) is 7.11 Å². The van der Waals surface area contributed by atoms with Gasteiger partial charge in [0.2, 0.25) is 0 Å². The summed E-state index contributed by atoms with van der Waals surface area (Å²) in [6.45, 7) is 4.01. The first-order valence-electron chi connectivity index (χ1n) is 12.6. The molecule has 0 radical (unpaired) electrons. The van der Waals surface area contributed by atoms with Crippen LogP contribution in [0.5, 0.6) is 5.75 Å². The monoisotopic (exact) mass is 510 g/mol. The lowest BCUT2D eigenvalue weighted by Gasteiger charge is -2.22. The van der Waals surface area contributed by atoms with E-state index in [9.17, 15) is 14.4 Å². The molecule has 3 aromatic carbocycles. The molecule has 2 heterocycles. The summed E-state index contributed by atoms with van der Waals surface area (Å²) in [6, 6.07) is 21.9. The summed E-state index contributed by atoms with van der Waals surface area (Å²) < 4.78 is 5.30. The Labute approximate surface area is 221 Å². The van der Waals surface area contributed by atoms with Crippen molar-refractivity contribution in [2.45, 2.75) is 31.8 Å². The van der Waals surface area contributed by atoms with Crippen molar-refractivity contribution in [1.82, 2.24) is 15.6 Å². The van der Waals surface area contributed by atoms with Crippen molar-refractivity contribution in [2.24, 2.45) is 0 Å². The van der Waals surface area contributed by atoms with Crippen molar-refractivity contribution < 1.29 is 19.1 Å². The van der Waals surface area contributed by atoms with E-state index in [1.165, 1.54) is 0 Å². The standard InChI is InChI=1S/C30H30N4O4/c1-18(2)34-26-11-7-5-9-22(26)27(30(34)37)33-29(36)28(35)32-16-23(19-12-14-20(38-3)15-13-19)24-17-31-25-10-6-4-8-21(24)25/h4-15,17-18,23,27,31H,16H2,1-3H3,(H,32,35)(H,33,36)/t23-,27+/m0/s1. The molecule has 1 aromatic heterocycles. The minimum absolute atomic E-state index is 0.0826. The fourth-order valence-electron chi connectivity index (χ4n) is 5.11. The van der Waals surface area contributed by atoms with Crippen LogP contribution in [0, 0.1) is 0 Å². The summed E-state index contributed by atoms with van der Waals surface area (Å²) in [7, 11) is 1.61. The third-order valence-corrected chi connectivity index (χ3v) is 6.97. The van der Waals surface area contributed by atoms with Gasteiger partial charge < -0.3 is 25.3 Å². The Morgan fingerprint density at radius 1 is 0.974 bits per heavy atom. The number of anilines is 1. The van der Waals surface area contributed by atoms with Gasteiger partial charge in [0, 0.05) is 46.9 Å². The molecule has 8 heteroatoms. The lowest BCUT2D eigenvalue weighted by Crippen LogP contribution is -2.46. The maximum atomic E-state index is 13.1. The first-order chi connectivity index (χ1) is 18.4. The van der Waals surface area contributed by atoms with Crippen LogP contribution < -0.4 is 20.3 Å². The lowest BCUT2D eigenvalue weighted by atomic mass is 9.90. The molecule has 8 nitrogen and oxygen atoms in total. The number of carbonyl (C=O) groups excluding carboxylic acids is 3. The molecule has 2 atom stereocenters. The number of fused-ring (bicyclic) bond motifs is 2. The van der Waals surface area contributed by atoms with Gasteiger partial charge in [0.15, 0.2) is 0 Å². The highest BCUT2D eigenvalue weighted by Gasteiger charge is 2.40. The highest BCUT2D eigenvalue weighted by molar-refractivity contribution is 6.35. The minimum Gasteiger partial charge on any atom is -0.497 e. The molecule has 0 unspecified atom stereocenters. The highest BCUT2D eigenvalue weighted by atomic mass is 16.5. The summed E-state index contributed by atoms with van der Waals surface area (Å²) in [6.07, 6.45) is 1.93. The molecule has 194 valence electrons. The number of methoxy groups -OCH3 is 1. The van der Waals surface area contributed by atoms with Gasteiger partial charge in [-0.3, -0.25) is 14.4 Å². The zero-order valence-corrected chi connectivity index (χ0v) is 21.5. The molecule has 4 aromatic rings. The molecule has 0 saturated heterocycles. The minimum atomic E-state index is -0.905. The summed E-state index contributed by atoms with van der Waals surface area (Å²) >= 11 is 0. The Morgan fingerprint density at radius 2 is 1.68 bits per heavy atom. The molecule has 1 aliphatic rings. The van der Waals surface area contributed by atoms with Crippen molar-refractivity contribution in [1.29, 1.82) is 0 Å². The second-order valence-corrected chi connectivity index (χ2v) is 9.59. The highest BCUT2D eigenvalue weighted by Crippen LogP contribution is 2.37. The van der Waals surface area contributed by atoms with Gasteiger partial charge in [0.1, 0.15) is 11.8 Å². The van der Waals surface area contributed by atoms with Gasteiger partial charge in [-0.2, -0.15) is 0 Å². The van der Waals surface area contributed by atoms with E-state index >= 15 is 0 Å². The average Bonchev–Trinajstić information content (AvgIpc) is 3.48. The number of benzene rings is 3. The van der Waals surface area contributed by atoms with E-state index in [0.29, 0.717) is 5.56 Å². The molecular weight excluding hydrogens is 480 g/mol. The fourth-order valence-corrected chi connectivity index (χ4v) is 5.11. The largest absolute Gasteiger partial charge is 0.497 e. The summed E-state index contributed by atoms with van der Waals surface area (Å²) in [5.74, 6) is -1.39. The van der Waals surface area contributed by atoms with Crippen molar-refractivity contribution >= 4 is 34.3 Å². The number of carbonyl (C=O) groups is 3. The average molecular weight is 511 g/mol. The van der Waals surface area contributed by atoms with Gasteiger partial charge >= 0.3 is 11.8 Å². The van der Waals surface area contributed by atoms with E-state index in [4.69, 9.17) is 4.74 Å². The number of aromatic nitrogens is 1. The molecular formula is C30H30N4O4. The number of nitrogens with one attached hydrogen (secondary N) is 3. The van der Waals surface area contributed by atoms with Crippen LogP contribution in [0.15, 0.2) is 79.0 Å². The Bertz CT molecular complexity index is 1490. The van der Waals surface area contributed by atoms with Gasteiger partial charge in [-0.05, 0) is 49.2 Å². The quantitative estimate of drug-likeness (QED) is 0.327. The third-order valence-electron chi connectivity index (χ3n) is 6.97. The predicted molar refractivity (Wildman–Crippen MR) is 146 cm³/mol. The predicted octanol–water partition coefficient (Wildman–Crippen LogP) is 4.04. The number of ether oxygens (including phenoxy) is 1. The summed E-state index contributed by atoms with van der Waals surface area (Å²) in [4.78, 5) is 44.0. The molecule has 0 aliphatic carbocycles. The molecule has 38 heavy (non-hydrogen) atoms. The Balaban J connectivity index is 1.35. The molecule has 0 spiro atoms. The van der Waals surface area contributed by atoms with Crippen molar-refractivity contribution in [3.05, 3.63) is 95.7 Å². The number of amides is 3. The Kier molecular flexibility index (Phi) is 6.87. The maximum absolute atomic E-state index is 13.1. The van der Waals surface area contributed by atoms with Gasteiger partial charge in [-0.15, -0.1) is 0 Å². The smallest absolute Gasteiger partial charge is 0.310 e. The van der Waals surface area contributed by atoms with E-state index in [-0.39, 0.29) is 24.4 Å². The van der Waals surface area contributed by atoms with Crippen LogP contribution in [0.25, 0.3) is 10.9 Å². The van der Waals surface area contributed by atoms with Crippen LogP contribution in [-0.4, -0.2) is 42.4 Å². The first kappa shape index (κ1) is 25.1. The van der Waals surface area contributed by atoms with E-state index < -0.39 is 17.9 Å². The van der Waals surface area contributed by atoms with Gasteiger partial charge in [-0.1, -0.05) is 48.5 Å². The molecule has 0 bridgehead atoms. The van der Waals surface area contributed by atoms with Crippen LogP contribution in [0.2, 0.25) is 0 Å². The normalized spacial score (nSPS) is 15.4. The molecule has 3 amide bonds. The Morgan fingerprint density at radius 3 is 2.42 bits per heavy atom. The zero-order chi connectivity index (χ0) is 26.8. The SMILES string of the molecule is COc1ccc([C@H](CNC(=O)C(=O)N[C@H]2C(=O)N(C(C)C)c3ccccc32)c2c[nH]c3ccccc23)cc1. The first-order valence-corrected chi connectivity index (χ1v) is 12.6. The van der Waals surface area contributed by atoms with E-state index in [0.717, 1.165) is 33.5 Å². The number of hydrogen-bond acceptors (Lipinski definition) is 4.